The molecule has 1 aromatic rings. The van der Waals surface area contributed by atoms with E-state index in [0.717, 1.165) is 6.07 Å². The van der Waals surface area contributed by atoms with E-state index in [1.54, 1.807) is 12.1 Å². The molecule has 5 nitrogen and oxygen atoms in total. The first-order valence-corrected chi connectivity index (χ1v) is 4.19. The third-order valence-electron chi connectivity index (χ3n) is 1.70. The van der Waals surface area contributed by atoms with Crippen LogP contribution in [0.1, 0.15) is 11.3 Å². The van der Waals surface area contributed by atoms with Gasteiger partial charge in [0, 0.05) is 5.69 Å². The largest absolute Gasteiger partial charge is 0.574 e. The number of ether oxygens (including phenoxy) is 1. The first-order valence-electron chi connectivity index (χ1n) is 4.19. The van der Waals surface area contributed by atoms with Gasteiger partial charge in [0.2, 0.25) is 5.88 Å². The summed E-state index contributed by atoms with van der Waals surface area (Å²) in [5.41, 5.74) is 4.76. The van der Waals surface area contributed by atoms with Crippen LogP contribution in [0.2, 0.25) is 0 Å². The molecule has 0 aliphatic heterocycles. The number of anilines is 1. The van der Waals surface area contributed by atoms with Crippen LogP contribution in [0, 0.1) is 22.7 Å². The fourth-order valence-corrected chi connectivity index (χ4v) is 1.08. The van der Waals surface area contributed by atoms with Crippen LogP contribution >= 0.6 is 0 Å². The maximum Gasteiger partial charge on any atom is 0.574 e. The number of hydrogen-bond donors (Lipinski definition) is 1. The van der Waals surface area contributed by atoms with Gasteiger partial charge in [0.25, 0.3) is 0 Å². The Balaban J connectivity index is 3.29. The predicted octanol–water partition coefficient (Wildman–Crippen LogP) is 1.50. The third-order valence-corrected chi connectivity index (χ3v) is 1.70. The molecule has 0 bridgehead atoms. The van der Waals surface area contributed by atoms with Crippen LogP contribution in [0.15, 0.2) is 6.07 Å². The van der Waals surface area contributed by atoms with Crippen molar-refractivity contribution >= 4 is 5.69 Å². The lowest BCUT2D eigenvalue weighted by Crippen LogP contribution is -2.19. The summed E-state index contributed by atoms with van der Waals surface area (Å²) in [5.74, 6) is -0.865. The van der Waals surface area contributed by atoms with Gasteiger partial charge in [-0.15, -0.1) is 13.2 Å². The predicted molar refractivity (Wildman–Crippen MR) is 49.4 cm³/mol. The lowest BCUT2D eigenvalue weighted by molar-refractivity contribution is -0.276. The van der Waals surface area contributed by atoms with Crippen LogP contribution in [0.3, 0.4) is 0 Å². The van der Waals surface area contributed by atoms with Crippen molar-refractivity contribution in [2.24, 2.45) is 0 Å². The normalized spacial score (nSPS) is 10.4. The molecule has 0 saturated heterocycles. The van der Waals surface area contributed by atoms with Crippen LogP contribution in [0.4, 0.5) is 18.9 Å². The van der Waals surface area contributed by atoms with Gasteiger partial charge in [-0.3, -0.25) is 0 Å². The Kier molecular flexibility index (Phi) is 3.39. The second-order valence-electron chi connectivity index (χ2n) is 2.87. The highest BCUT2D eigenvalue weighted by Crippen LogP contribution is 2.28. The molecule has 0 aromatic carbocycles. The Bertz CT molecular complexity index is 513. The van der Waals surface area contributed by atoms with Gasteiger partial charge in [0.05, 0.1) is 18.1 Å². The number of pyridine rings is 1. The zero-order valence-corrected chi connectivity index (χ0v) is 8.25. The van der Waals surface area contributed by atoms with Gasteiger partial charge in [0.1, 0.15) is 11.8 Å². The lowest BCUT2D eigenvalue weighted by Gasteiger charge is -2.12. The highest BCUT2D eigenvalue weighted by molar-refractivity contribution is 5.55. The molecule has 0 amide bonds. The molecular formula is C9H5F3N4O. The smallest absolute Gasteiger partial charge is 0.398 e. The van der Waals surface area contributed by atoms with E-state index < -0.39 is 18.7 Å². The van der Waals surface area contributed by atoms with Crippen LogP contribution in [0.5, 0.6) is 5.88 Å². The quantitative estimate of drug-likeness (QED) is 0.847. The summed E-state index contributed by atoms with van der Waals surface area (Å²) < 4.78 is 39.8. The van der Waals surface area contributed by atoms with Gasteiger partial charge in [-0.1, -0.05) is 0 Å². The SMILES string of the molecule is N#CCc1c(N)cc(C#N)nc1OC(F)(F)F. The van der Waals surface area contributed by atoms with Crippen LogP contribution in [0.25, 0.3) is 0 Å². The van der Waals surface area contributed by atoms with Gasteiger partial charge in [-0.25, -0.2) is 4.98 Å². The van der Waals surface area contributed by atoms with Crippen LogP contribution in [-0.4, -0.2) is 11.3 Å². The Morgan fingerprint density at radius 2 is 2.06 bits per heavy atom. The van der Waals surface area contributed by atoms with Gasteiger partial charge in [0.15, 0.2) is 0 Å². The molecule has 0 saturated carbocycles. The molecule has 17 heavy (non-hydrogen) atoms. The highest BCUT2D eigenvalue weighted by atomic mass is 19.4. The number of nitrogen functional groups attached to an aromatic ring is 1. The fourth-order valence-electron chi connectivity index (χ4n) is 1.08. The molecule has 0 spiro atoms. The molecule has 0 unspecified atom stereocenters. The zero-order valence-electron chi connectivity index (χ0n) is 8.25. The van der Waals surface area contributed by atoms with Crippen molar-refractivity contribution in [3.63, 3.8) is 0 Å². The Morgan fingerprint density at radius 3 is 2.53 bits per heavy atom. The number of nitrogens with two attached hydrogens (primary N) is 1. The summed E-state index contributed by atoms with van der Waals surface area (Å²) in [4.78, 5) is 3.32. The molecule has 0 fully saturated rings. The molecule has 0 aliphatic rings. The lowest BCUT2D eigenvalue weighted by atomic mass is 10.1. The van der Waals surface area contributed by atoms with E-state index in [2.05, 4.69) is 9.72 Å². The van der Waals surface area contributed by atoms with Crippen molar-refractivity contribution in [2.45, 2.75) is 12.8 Å². The number of aromatic nitrogens is 1. The first kappa shape index (κ1) is 12.6. The van der Waals surface area contributed by atoms with Gasteiger partial charge in [-0.05, 0) is 6.07 Å². The summed E-state index contributed by atoms with van der Waals surface area (Å²) in [6, 6.07) is 4.26. The number of halogens is 3. The second-order valence-corrected chi connectivity index (χ2v) is 2.87. The van der Waals surface area contributed by atoms with Crippen molar-refractivity contribution < 1.29 is 17.9 Å². The molecule has 2 N–H and O–H groups in total. The maximum absolute atomic E-state index is 12.1. The number of alkyl halides is 3. The summed E-state index contributed by atoms with van der Waals surface area (Å²) >= 11 is 0. The Morgan fingerprint density at radius 1 is 1.41 bits per heavy atom. The summed E-state index contributed by atoms with van der Waals surface area (Å²) in [7, 11) is 0. The van der Waals surface area contributed by atoms with E-state index in [9.17, 15) is 13.2 Å². The second kappa shape index (κ2) is 4.58. The Labute approximate surface area is 93.8 Å². The van der Waals surface area contributed by atoms with Crippen molar-refractivity contribution in [3.05, 3.63) is 17.3 Å². The van der Waals surface area contributed by atoms with Crippen LogP contribution in [-0.2, 0) is 6.42 Å². The molecule has 1 aromatic heterocycles. The Hall–Kier alpha value is -2.48. The van der Waals surface area contributed by atoms with E-state index in [1.165, 1.54) is 0 Å². The van der Waals surface area contributed by atoms with E-state index in [1.807, 2.05) is 0 Å². The minimum atomic E-state index is -4.96. The molecule has 0 atom stereocenters. The van der Waals surface area contributed by atoms with Gasteiger partial charge < -0.3 is 10.5 Å². The number of rotatable bonds is 2. The number of nitriles is 2. The van der Waals surface area contributed by atoms with Crippen LogP contribution < -0.4 is 10.5 Å². The van der Waals surface area contributed by atoms with Crippen molar-refractivity contribution in [3.8, 4) is 18.0 Å². The first-order chi connectivity index (χ1) is 7.87. The highest BCUT2D eigenvalue weighted by Gasteiger charge is 2.33. The van der Waals surface area contributed by atoms with Gasteiger partial charge >= 0.3 is 6.36 Å². The van der Waals surface area contributed by atoms with E-state index in [-0.39, 0.29) is 16.9 Å². The van der Waals surface area contributed by atoms with Crippen molar-refractivity contribution in [1.29, 1.82) is 10.5 Å². The minimum absolute atomic E-state index is 0.141. The van der Waals surface area contributed by atoms with E-state index >= 15 is 0 Å². The molecule has 1 heterocycles. The molecule has 0 aliphatic carbocycles. The molecule has 8 heteroatoms. The third kappa shape index (κ3) is 3.24. The van der Waals surface area contributed by atoms with E-state index in [4.69, 9.17) is 16.3 Å². The molecule has 0 radical (unpaired) electrons. The minimum Gasteiger partial charge on any atom is -0.398 e. The summed E-state index contributed by atoms with van der Waals surface area (Å²) in [6.45, 7) is 0. The monoisotopic (exact) mass is 242 g/mol. The maximum atomic E-state index is 12.1. The molecule has 88 valence electrons. The standard InChI is InChI=1S/C9H5F3N4O/c10-9(11,12)17-8-6(1-2-13)7(15)3-5(4-14)16-8/h3H,1H2,(H2,15,16). The summed E-state index contributed by atoms with van der Waals surface area (Å²) in [5, 5.41) is 17.0. The van der Waals surface area contributed by atoms with Crippen molar-refractivity contribution in [2.75, 3.05) is 5.73 Å². The fraction of sp³-hybridized carbons (Fsp3) is 0.222. The average molecular weight is 242 g/mol. The summed E-state index contributed by atoms with van der Waals surface area (Å²) in [6.07, 6.45) is -5.35. The van der Waals surface area contributed by atoms with Gasteiger partial charge in [-0.2, -0.15) is 10.5 Å². The number of hydrogen-bond acceptors (Lipinski definition) is 5. The number of nitrogens with zero attached hydrogens (tertiary/aromatic N) is 3. The topological polar surface area (TPSA) is 95.7 Å². The average Bonchev–Trinajstić information content (AvgIpc) is 2.20. The molecular weight excluding hydrogens is 237 g/mol. The van der Waals surface area contributed by atoms with E-state index in [0.29, 0.717) is 0 Å². The molecule has 1 rings (SSSR count). The zero-order chi connectivity index (χ0) is 13.1. The van der Waals surface area contributed by atoms with Crippen molar-refractivity contribution in [1.82, 2.24) is 4.98 Å².